The first-order valence-electron chi connectivity index (χ1n) is 11.0. The van der Waals surface area contributed by atoms with Crippen LogP contribution in [0.1, 0.15) is 68.1 Å². The van der Waals surface area contributed by atoms with E-state index >= 15 is 0 Å². The fraction of sp³-hybridized carbons (Fsp3) is 0.591. The molecule has 4 rings (SSSR count). The highest BCUT2D eigenvalue weighted by atomic mass is 35.5. The SMILES string of the molecule is Cc1cc(S(=O)(=O)C2CC2)c(Cl)c(=O)n1C(CC1CCCCC1)C(=O)Cc1ncc(Cl)s1. The number of thiazole rings is 1. The lowest BCUT2D eigenvalue weighted by Crippen LogP contribution is -2.35. The third kappa shape index (κ3) is 4.98. The van der Waals surface area contributed by atoms with E-state index in [-0.39, 0.29) is 22.1 Å². The van der Waals surface area contributed by atoms with Crippen LogP contribution in [0.5, 0.6) is 0 Å². The average Bonchev–Trinajstić information content (AvgIpc) is 3.54. The number of halogens is 2. The molecule has 0 saturated heterocycles. The van der Waals surface area contributed by atoms with E-state index in [1.54, 1.807) is 6.92 Å². The second kappa shape index (κ2) is 9.57. The largest absolute Gasteiger partial charge is 0.301 e. The lowest BCUT2D eigenvalue weighted by molar-refractivity contribution is -0.122. The molecule has 32 heavy (non-hydrogen) atoms. The Bertz CT molecular complexity index is 1180. The maximum atomic E-state index is 13.4. The molecule has 1 atom stereocenters. The van der Waals surface area contributed by atoms with Crippen molar-refractivity contribution >= 4 is 50.2 Å². The normalized spacial score (nSPS) is 18.6. The van der Waals surface area contributed by atoms with Crippen LogP contribution < -0.4 is 5.56 Å². The third-order valence-corrected chi connectivity index (χ3v) is 10.3. The molecule has 2 aromatic rings. The highest BCUT2D eigenvalue weighted by Crippen LogP contribution is 2.37. The monoisotopic (exact) mass is 516 g/mol. The van der Waals surface area contributed by atoms with Crippen molar-refractivity contribution in [1.29, 1.82) is 0 Å². The van der Waals surface area contributed by atoms with Crippen LogP contribution in [0.25, 0.3) is 0 Å². The number of aromatic nitrogens is 2. The summed E-state index contributed by atoms with van der Waals surface area (Å²) in [5.74, 6) is 0.193. The molecule has 0 radical (unpaired) electrons. The van der Waals surface area contributed by atoms with Gasteiger partial charge in [0.25, 0.3) is 5.56 Å². The minimum absolute atomic E-state index is 0.0698. The molecule has 0 spiro atoms. The third-order valence-electron chi connectivity index (χ3n) is 6.43. The van der Waals surface area contributed by atoms with Gasteiger partial charge in [0.2, 0.25) is 0 Å². The van der Waals surface area contributed by atoms with Crippen LogP contribution in [-0.2, 0) is 21.1 Å². The van der Waals surface area contributed by atoms with Crippen LogP contribution in [-0.4, -0.2) is 29.0 Å². The quantitative estimate of drug-likeness (QED) is 0.482. The van der Waals surface area contributed by atoms with Crippen LogP contribution >= 0.6 is 34.5 Å². The van der Waals surface area contributed by atoms with Crippen LogP contribution in [0.15, 0.2) is 22.0 Å². The maximum Gasteiger partial charge on any atom is 0.271 e. The van der Waals surface area contributed by atoms with E-state index in [0.29, 0.717) is 40.2 Å². The molecule has 0 aromatic carbocycles. The number of hydrogen-bond acceptors (Lipinski definition) is 6. The molecule has 2 fully saturated rings. The standard InChI is InChI=1S/C22H26Cl2N2O4S2/c1-13-9-18(32(29,30)15-7-8-15)21(24)22(28)26(13)16(10-14-5-3-2-4-6-14)17(27)11-20-25-12-19(23)31-20/h9,12,14-16H,2-8,10-11H2,1H3. The second-order valence-electron chi connectivity index (χ2n) is 8.84. The molecule has 2 aliphatic carbocycles. The Morgan fingerprint density at radius 1 is 1.22 bits per heavy atom. The zero-order chi connectivity index (χ0) is 23.0. The summed E-state index contributed by atoms with van der Waals surface area (Å²) in [5, 5.41) is -0.191. The first-order chi connectivity index (χ1) is 15.2. The molecule has 6 nitrogen and oxygen atoms in total. The molecule has 0 N–H and O–H groups in total. The molecule has 10 heteroatoms. The summed E-state index contributed by atoms with van der Waals surface area (Å²) in [5.41, 5.74) is -0.179. The first kappa shape index (κ1) is 23.9. The Balaban J connectivity index is 1.73. The molecular formula is C22H26Cl2N2O4S2. The van der Waals surface area contributed by atoms with E-state index in [1.165, 1.54) is 34.6 Å². The van der Waals surface area contributed by atoms with Crippen LogP contribution in [0.4, 0.5) is 0 Å². The lowest BCUT2D eigenvalue weighted by Gasteiger charge is -2.28. The molecule has 1 unspecified atom stereocenters. The van der Waals surface area contributed by atoms with E-state index in [9.17, 15) is 18.0 Å². The van der Waals surface area contributed by atoms with Gasteiger partial charge in [-0.05, 0) is 38.2 Å². The average molecular weight is 518 g/mol. The molecule has 2 aromatic heterocycles. The Hall–Kier alpha value is -1.22. The zero-order valence-corrected chi connectivity index (χ0v) is 21.0. The van der Waals surface area contributed by atoms with Gasteiger partial charge in [-0.2, -0.15) is 0 Å². The fourth-order valence-electron chi connectivity index (χ4n) is 4.60. The lowest BCUT2D eigenvalue weighted by atomic mass is 9.83. The van der Waals surface area contributed by atoms with Crippen LogP contribution in [0.3, 0.4) is 0 Å². The van der Waals surface area contributed by atoms with Gasteiger partial charge in [-0.25, -0.2) is 13.4 Å². The summed E-state index contributed by atoms with van der Waals surface area (Å²) in [6.07, 6.45) is 8.72. The van der Waals surface area contributed by atoms with E-state index in [4.69, 9.17) is 23.2 Å². The van der Waals surface area contributed by atoms with E-state index in [2.05, 4.69) is 4.98 Å². The Labute approximate surface area is 201 Å². The molecular weight excluding hydrogens is 491 g/mol. The highest BCUT2D eigenvalue weighted by molar-refractivity contribution is 7.92. The van der Waals surface area contributed by atoms with Gasteiger partial charge in [-0.1, -0.05) is 55.3 Å². The van der Waals surface area contributed by atoms with Crippen LogP contribution in [0.2, 0.25) is 9.36 Å². The van der Waals surface area contributed by atoms with Crippen molar-refractivity contribution in [3.8, 4) is 0 Å². The van der Waals surface area contributed by atoms with Crippen LogP contribution in [0, 0.1) is 12.8 Å². The number of rotatable bonds is 8. The van der Waals surface area contributed by atoms with E-state index in [1.807, 2.05) is 0 Å². The minimum atomic E-state index is -3.63. The summed E-state index contributed by atoms with van der Waals surface area (Å²) in [7, 11) is -3.63. The van der Waals surface area contributed by atoms with Crippen molar-refractivity contribution < 1.29 is 13.2 Å². The van der Waals surface area contributed by atoms with Gasteiger partial charge in [-0.15, -0.1) is 11.3 Å². The van der Waals surface area contributed by atoms with E-state index < -0.39 is 26.7 Å². The van der Waals surface area contributed by atoms with Crippen molar-refractivity contribution in [2.24, 2.45) is 5.92 Å². The Morgan fingerprint density at radius 2 is 1.91 bits per heavy atom. The van der Waals surface area contributed by atoms with Crippen molar-refractivity contribution in [2.75, 3.05) is 0 Å². The van der Waals surface area contributed by atoms with Crippen molar-refractivity contribution in [3.05, 3.63) is 42.7 Å². The summed E-state index contributed by atoms with van der Waals surface area (Å²) in [6, 6.07) is 0.738. The number of Topliss-reactive ketones (excluding diaryl/α,β-unsaturated/α-hetero) is 1. The molecule has 2 saturated carbocycles. The Morgan fingerprint density at radius 3 is 2.50 bits per heavy atom. The molecule has 2 aliphatic rings. The summed E-state index contributed by atoms with van der Waals surface area (Å²) in [4.78, 5) is 30.8. The molecule has 2 heterocycles. The molecule has 174 valence electrons. The van der Waals surface area contributed by atoms with Crippen molar-refractivity contribution in [2.45, 2.75) is 80.9 Å². The smallest absolute Gasteiger partial charge is 0.271 e. The number of ketones is 1. The number of carbonyl (C=O) groups excluding carboxylic acids is 1. The zero-order valence-electron chi connectivity index (χ0n) is 17.9. The predicted molar refractivity (Wildman–Crippen MR) is 127 cm³/mol. The van der Waals surface area contributed by atoms with E-state index in [0.717, 1.165) is 25.7 Å². The van der Waals surface area contributed by atoms with Gasteiger partial charge in [0.1, 0.15) is 14.4 Å². The Kier molecular flexibility index (Phi) is 7.15. The second-order valence-corrected chi connectivity index (χ2v) is 13.2. The first-order valence-corrected chi connectivity index (χ1v) is 14.1. The summed E-state index contributed by atoms with van der Waals surface area (Å²) < 4.78 is 27.5. The number of sulfone groups is 1. The van der Waals surface area contributed by atoms with Gasteiger partial charge in [0.15, 0.2) is 15.6 Å². The maximum absolute atomic E-state index is 13.4. The van der Waals surface area contributed by atoms with Gasteiger partial charge in [0.05, 0.1) is 28.8 Å². The number of pyridine rings is 1. The molecule has 0 amide bonds. The number of aryl methyl sites for hydroxylation is 1. The summed E-state index contributed by atoms with van der Waals surface area (Å²) >= 11 is 13.5. The number of carbonyl (C=O) groups is 1. The predicted octanol–water partition coefficient (Wildman–Crippen LogP) is 5.18. The van der Waals surface area contributed by atoms with Crippen molar-refractivity contribution in [3.63, 3.8) is 0 Å². The molecule has 0 aliphatic heterocycles. The van der Waals surface area contributed by atoms with Gasteiger partial charge in [-0.3, -0.25) is 9.59 Å². The highest BCUT2D eigenvalue weighted by Gasteiger charge is 2.39. The minimum Gasteiger partial charge on any atom is -0.301 e. The number of nitrogens with zero attached hydrogens (tertiary/aromatic N) is 2. The fourth-order valence-corrected chi connectivity index (χ4v) is 7.82. The van der Waals surface area contributed by atoms with Gasteiger partial charge >= 0.3 is 0 Å². The summed E-state index contributed by atoms with van der Waals surface area (Å²) in [6.45, 7) is 1.67. The van der Waals surface area contributed by atoms with Crippen molar-refractivity contribution in [1.82, 2.24) is 9.55 Å². The molecule has 0 bridgehead atoms. The van der Waals surface area contributed by atoms with Gasteiger partial charge < -0.3 is 4.57 Å². The topological polar surface area (TPSA) is 86.1 Å². The van der Waals surface area contributed by atoms with Gasteiger partial charge in [0, 0.05) is 5.69 Å². The number of hydrogen-bond donors (Lipinski definition) is 0.